The maximum atomic E-state index is 14.0. The van der Waals surface area contributed by atoms with Crippen molar-refractivity contribution in [3.05, 3.63) is 77.9 Å². The van der Waals surface area contributed by atoms with Gasteiger partial charge in [-0.1, -0.05) is 12.1 Å². The molecule has 0 aliphatic carbocycles. The fourth-order valence-electron chi connectivity index (χ4n) is 3.78. The number of benzene rings is 2. The second-order valence-electron chi connectivity index (χ2n) is 7.22. The molecular weight excluding hydrogens is 374 g/mol. The minimum atomic E-state index is -0.865. The topological polar surface area (TPSA) is 50.2 Å². The normalized spacial score (nSPS) is 16.9. The van der Waals surface area contributed by atoms with Gasteiger partial charge in [-0.2, -0.15) is 0 Å². The summed E-state index contributed by atoms with van der Waals surface area (Å²) in [5.41, 5.74) is 1.92. The van der Waals surface area contributed by atoms with Crippen LogP contribution in [0.3, 0.4) is 0 Å². The molecule has 7 heteroatoms. The van der Waals surface area contributed by atoms with Gasteiger partial charge in [0.25, 0.3) is 0 Å². The molecule has 0 unspecified atom stereocenters. The van der Waals surface area contributed by atoms with Gasteiger partial charge >= 0.3 is 0 Å². The van der Waals surface area contributed by atoms with Crippen LogP contribution in [0.25, 0.3) is 5.69 Å². The molecule has 2 aromatic carbocycles. The third kappa shape index (κ3) is 4.05. The number of rotatable bonds is 5. The number of halogens is 2. The lowest BCUT2D eigenvalue weighted by Gasteiger charge is -2.24. The van der Waals surface area contributed by atoms with Gasteiger partial charge in [-0.3, -0.25) is 9.69 Å². The Kier molecular flexibility index (Phi) is 5.40. The first-order valence-electron chi connectivity index (χ1n) is 9.61. The van der Waals surface area contributed by atoms with E-state index in [1.807, 2.05) is 46.9 Å². The van der Waals surface area contributed by atoms with E-state index in [1.54, 1.807) is 12.3 Å². The zero-order valence-electron chi connectivity index (χ0n) is 16.1. The highest BCUT2D eigenvalue weighted by atomic mass is 19.2. The predicted molar refractivity (Wildman–Crippen MR) is 107 cm³/mol. The molecule has 0 radical (unpaired) electrons. The Morgan fingerprint density at radius 1 is 1.21 bits per heavy atom. The number of nitrogens with one attached hydrogen (secondary N) is 1. The number of anilines is 1. The monoisotopic (exact) mass is 396 g/mol. The summed E-state index contributed by atoms with van der Waals surface area (Å²) in [5, 5.41) is 2.94. The van der Waals surface area contributed by atoms with Crippen LogP contribution >= 0.6 is 0 Å². The van der Waals surface area contributed by atoms with E-state index >= 15 is 0 Å². The van der Waals surface area contributed by atoms with E-state index in [-0.39, 0.29) is 24.1 Å². The molecule has 1 aromatic heterocycles. The molecule has 1 N–H and O–H groups in total. The summed E-state index contributed by atoms with van der Waals surface area (Å²) in [6.45, 7) is 2.80. The predicted octanol–water partition coefficient (Wildman–Crippen LogP) is 4.06. The number of aryl methyl sites for hydroxylation is 1. The number of imidazole rings is 1. The molecular formula is C22H22F2N4O. The molecule has 29 heavy (non-hydrogen) atoms. The van der Waals surface area contributed by atoms with Crippen LogP contribution in [-0.4, -0.2) is 32.9 Å². The molecule has 0 spiro atoms. The number of carbonyl (C=O) groups is 1. The van der Waals surface area contributed by atoms with Crippen molar-refractivity contribution >= 4 is 11.6 Å². The molecule has 2 heterocycles. The summed E-state index contributed by atoms with van der Waals surface area (Å²) in [7, 11) is 0. The smallest absolute Gasteiger partial charge is 0.241 e. The lowest BCUT2D eigenvalue weighted by atomic mass is 10.1. The summed E-state index contributed by atoms with van der Waals surface area (Å²) < 4.78 is 29.4. The van der Waals surface area contributed by atoms with Crippen LogP contribution in [0.1, 0.15) is 24.2 Å². The van der Waals surface area contributed by atoms with Gasteiger partial charge in [-0.05, 0) is 56.6 Å². The Labute approximate surface area is 168 Å². The third-order valence-electron chi connectivity index (χ3n) is 5.31. The van der Waals surface area contributed by atoms with Gasteiger partial charge in [-0.25, -0.2) is 13.8 Å². The first kappa shape index (κ1) is 19.3. The van der Waals surface area contributed by atoms with Crippen molar-refractivity contribution in [2.75, 3.05) is 11.9 Å². The Morgan fingerprint density at radius 2 is 2.00 bits per heavy atom. The Hall–Kier alpha value is -3.06. The van der Waals surface area contributed by atoms with Gasteiger partial charge in [0.2, 0.25) is 5.91 Å². The van der Waals surface area contributed by atoms with Crippen molar-refractivity contribution in [3.8, 4) is 5.69 Å². The van der Waals surface area contributed by atoms with Crippen LogP contribution < -0.4 is 5.32 Å². The van der Waals surface area contributed by atoms with Crippen molar-refractivity contribution in [1.82, 2.24) is 14.5 Å². The Balaban J connectivity index is 1.43. The van der Waals surface area contributed by atoms with Crippen LogP contribution in [0.4, 0.5) is 14.5 Å². The van der Waals surface area contributed by atoms with E-state index < -0.39 is 11.6 Å². The number of nitrogens with zero attached hydrogens (tertiary/aromatic N) is 3. The molecule has 1 fully saturated rings. The average molecular weight is 396 g/mol. The lowest BCUT2D eigenvalue weighted by Crippen LogP contribution is -2.39. The van der Waals surface area contributed by atoms with Gasteiger partial charge in [0, 0.05) is 35.9 Å². The number of likely N-dealkylation sites (tertiary alicyclic amines) is 1. The highest BCUT2D eigenvalue weighted by Gasteiger charge is 2.31. The standard InChI is InChI=1S/C22H22F2N4O/c1-15-25-11-13-28(15)18-9-7-17(8-10-18)26-22(29)20-6-3-12-27(20)14-16-4-2-5-19(23)21(16)24/h2,4-5,7-11,13,20H,3,6,12,14H2,1H3,(H,26,29)/t20-/m1/s1. The summed E-state index contributed by atoms with van der Waals surface area (Å²) in [5.74, 6) is -0.960. The lowest BCUT2D eigenvalue weighted by molar-refractivity contribution is -0.120. The number of amides is 1. The van der Waals surface area contributed by atoms with E-state index in [0.717, 1.165) is 24.0 Å². The molecule has 0 bridgehead atoms. The fraction of sp³-hybridized carbons (Fsp3) is 0.273. The van der Waals surface area contributed by atoms with E-state index in [2.05, 4.69) is 10.3 Å². The summed E-state index contributed by atoms with van der Waals surface area (Å²) in [6.07, 6.45) is 5.15. The van der Waals surface area contributed by atoms with Crippen molar-refractivity contribution in [1.29, 1.82) is 0 Å². The zero-order chi connectivity index (χ0) is 20.4. The van der Waals surface area contributed by atoms with E-state index in [0.29, 0.717) is 18.7 Å². The summed E-state index contributed by atoms with van der Waals surface area (Å²) in [6, 6.07) is 11.3. The maximum absolute atomic E-state index is 14.0. The van der Waals surface area contributed by atoms with Crippen LogP contribution in [0.5, 0.6) is 0 Å². The second kappa shape index (κ2) is 8.13. The van der Waals surface area contributed by atoms with Gasteiger partial charge < -0.3 is 9.88 Å². The third-order valence-corrected chi connectivity index (χ3v) is 5.31. The molecule has 1 saturated heterocycles. The van der Waals surface area contributed by atoms with Crippen molar-refractivity contribution in [2.45, 2.75) is 32.4 Å². The van der Waals surface area contributed by atoms with E-state index in [4.69, 9.17) is 0 Å². The van der Waals surface area contributed by atoms with Crippen molar-refractivity contribution in [3.63, 3.8) is 0 Å². The van der Waals surface area contributed by atoms with Crippen LogP contribution in [0, 0.1) is 18.6 Å². The molecule has 1 aliphatic rings. The molecule has 5 nitrogen and oxygen atoms in total. The molecule has 1 atom stereocenters. The van der Waals surface area contributed by atoms with E-state index in [1.165, 1.54) is 6.07 Å². The molecule has 1 aliphatic heterocycles. The number of hydrogen-bond acceptors (Lipinski definition) is 3. The SMILES string of the molecule is Cc1nccn1-c1ccc(NC(=O)[C@H]2CCCN2Cc2cccc(F)c2F)cc1. The zero-order valence-corrected chi connectivity index (χ0v) is 16.1. The van der Waals surface area contributed by atoms with Crippen molar-refractivity contribution < 1.29 is 13.6 Å². The summed E-state index contributed by atoms with van der Waals surface area (Å²) in [4.78, 5) is 18.9. The minimum absolute atomic E-state index is 0.133. The average Bonchev–Trinajstić information content (AvgIpc) is 3.35. The van der Waals surface area contributed by atoms with Gasteiger partial charge in [0.1, 0.15) is 5.82 Å². The molecule has 150 valence electrons. The van der Waals surface area contributed by atoms with Gasteiger partial charge in [0.15, 0.2) is 11.6 Å². The molecule has 1 amide bonds. The Morgan fingerprint density at radius 3 is 2.72 bits per heavy atom. The molecule has 4 rings (SSSR count). The number of aromatic nitrogens is 2. The van der Waals surface area contributed by atoms with Crippen LogP contribution in [-0.2, 0) is 11.3 Å². The maximum Gasteiger partial charge on any atom is 0.241 e. The second-order valence-corrected chi connectivity index (χ2v) is 7.22. The van der Waals surface area contributed by atoms with Crippen molar-refractivity contribution in [2.24, 2.45) is 0 Å². The quantitative estimate of drug-likeness (QED) is 0.708. The largest absolute Gasteiger partial charge is 0.325 e. The molecule has 0 saturated carbocycles. The van der Waals surface area contributed by atoms with E-state index in [9.17, 15) is 13.6 Å². The Bertz CT molecular complexity index is 1020. The number of carbonyl (C=O) groups excluding carboxylic acids is 1. The minimum Gasteiger partial charge on any atom is -0.325 e. The fourth-order valence-corrected chi connectivity index (χ4v) is 3.78. The highest BCUT2D eigenvalue weighted by Crippen LogP contribution is 2.24. The molecule has 3 aromatic rings. The number of hydrogen-bond donors (Lipinski definition) is 1. The first-order chi connectivity index (χ1) is 14.0. The summed E-state index contributed by atoms with van der Waals surface area (Å²) >= 11 is 0. The van der Waals surface area contributed by atoms with Gasteiger partial charge in [0.05, 0.1) is 6.04 Å². The van der Waals surface area contributed by atoms with Crippen LogP contribution in [0.2, 0.25) is 0 Å². The van der Waals surface area contributed by atoms with Crippen LogP contribution in [0.15, 0.2) is 54.9 Å². The first-order valence-corrected chi connectivity index (χ1v) is 9.61. The van der Waals surface area contributed by atoms with Gasteiger partial charge in [-0.15, -0.1) is 0 Å². The highest BCUT2D eigenvalue weighted by molar-refractivity contribution is 5.95.